The average molecular weight is 322 g/mol. The van der Waals surface area contributed by atoms with Crippen LogP contribution in [-0.2, 0) is 22.5 Å². The fourth-order valence-electron chi connectivity index (χ4n) is 2.72. The first-order valence-corrected chi connectivity index (χ1v) is 8.75. The molecule has 0 fully saturated rings. The van der Waals surface area contributed by atoms with Crippen molar-refractivity contribution in [3.05, 3.63) is 29.3 Å². The van der Waals surface area contributed by atoms with Gasteiger partial charge < -0.3 is 9.99 Å². The van der Waals surface area contributed by atoms with E-state index in [1.54, 1.807) is 0 Å². The Morgan fingerprint density at radius 2 is 1.78 bits per heavy atom. The lowest BCUT2D eigenvalue weighted by Crippen LogP contribution is -1.96. The summed E-state index contributed by atoms with van der Waals surface area (Å²) < 4.78 is 0. The number of hydrogen-bond donors (Lipinski definition) is 1. The molecule has 4 heteroatoms. The van der Waals surface area contributed by atoms with E-state index in [9.17, 15) is 0 Å². The number of benzene rings is 1. The fourth-order valence-corrected chi connectivity index (χ4v) is 2.72. The molecular formula is C19H30O4. The molecular weight excluding hydrogens is 292 g/mol. The molecule has 1 aromatic rings. The van der Waals surface area contributed by atoms with Crippen LogP contribution in [0.25, 0.3) is 0 Å². The van der Waals surface area contributed by atoms with Crippen LogP contribution in [0.4, 0.5) is 0 Å². The van der Waals surface area contributed by atoms with Crippen molar-refractivity contribution >= 4 is 5.97 Å². The van der Waals surface area contributed by atoms with E-state index in [2.05, 4.69) is 19.1 Å². The van der Waals surface area contributed by atoms with Gasteiger partial charge in [-0.3, -0.25) is 4.79 Å². The molecule has 4 nitrogen and oxygen atoms in total. The summed E-state index contributed by atoms with van der Waals surface area (Å²) in [5.74, 6) is 0.0981. The van der Waals surface area contributed by atoms with Gasteiger partial charge in [0.2, 0.25) is 0 Å². The number of rotatable bonds is 8. The zero-order valence-corrected chi connectivity index (χ0v) is 14.5. The number of hydrogen-bond acceptors (Lipinski definition) is 3. The second-order valence-electron chi connectivity index (χ2n) is 5.94. The van der Waals surface area contributed by atoms with Gasteiger partial charge in [0.15, 0.2) is 5.75 Å². The molecule has 23 heavy (non-hydrogen) atoms. The summed E-state index contributed by atoms with van der Waals surface area (Å²) in [6.07, 6.45) is 11.6. The van der Waals surface area contributed by atoms with Crippen molar-refractivity contribution in [2.45, 2.75) is 71.6 Å². The summed E-state index contributed by atoms with van der Waals surface area (Å²) in [6, 6.07) is 6.29. The molecule has 0 aromatic heterocycles. The number of unbranched alkanes of at least 4 members (excludes halogenated alkanes) is 6. The van der Waals surface area contributed by atoms with E-state index >= 15 is 0 Å². The first-order chi connectivity index (χ1) is 11.1. The molecule has 0 amide bonds. The largest absolute Gasteiger partial charge is 0.481 e. The molecule has 1 heterocycles. The number of carbonyl (C=O) groups is 1. The molecule has 130 valence electrons. The second-order valence-corrected chi connectivity index (χ2v) is 5.94. The number of aliphatic carboxylic acids is 1. The summed E-state index contributed by atoms with van der Waals surface area (Å²) >= 11 is 0. The Morgan fingerprint density at radius 1 is 1.13 bits per heavy atom. The van der Waals surface area contributed by atoms with Crippen LogP contribution in [0.15, 0.2) is 18.2 Å². The molecule has 0 spiro atoms. The van der Waals surface area contributed by atoms with E-state index in [4.69, 9.17) is 19.7 Å². The minimum Gasteiger partial charge on any atom is -0.481 e. The van der Waals surface area contributed by atoms with E-state index in [1.165, 1.54) is 56.1 Å². The Kier molecular flexibility index (Phi) is 10.1. The van der Waals surface area contributed by atoms with Crippen LogP contribution < -0.4 is 4.89 Å². The molecule has 1 aliphatic heterocycles. The van der Waals surface area contributed by atoms with Crippen LogP contribution in [0, 0.1) is 0 Å². The summed E-state index contributed by atoms with van der Waals surface area (Å²) in [5, 5.41) is 7.42. The Labute approximate surface area is 139 Å². The highest BCUT2D eigenvalue weighted by atomic mass is 17.2. The maximum absolute atomic E-state index is 9.00. The van der Waals surface area contributed by atoms with Crippen LogP contribution in [0.3, 0.4) is 0 Å². The van der Waals surface area contributed by atoms with E-state index in [0.29, 0.717) is 6.61 Å². The standard InChI is InChI=1S/C17H26O2.C2H4O2/c1-2-3-4-5-6-7-8-11-16-15-10-9-12-17(16)19-18-14-13-15;1-2(3)4/h9-10,12H,2-8,11,13-14H2,1H3;1H3,(H,3,4). The fraction of sp³-hybridized carbons (Fsp3) is 0.632. The summed E-state index contributed by atoms with van der Waals surface area (Å²) in [6.45, 7) is 4.01. The van der Waals surface area contributed by atoms with Crippen LogP contribution in [-0.4, -0.2) is 17.7 Å². The smallest absolute Gasteiger partial charge is 0.300 e. The lowest BCUT2D eigenvalue weighted by Gasteiger charge is -2.09. The maximum atomic E-state index is 9.00. The Morgan fingerprint density at radius 3 is 2.48 bits per heavy atom. The van der Waals surface area contributed by atoms with E-state index in [1.807, 2.05) is 6.07 Å². The zero-order chi connectivity index (χ0) is 16.9. The maximum Gasteiger partial charge on any atom is 0.300 e. The molecule has 1 aliphatic rings. The SMILES string of the molecule is CC(=O)O.CCCCCCCCCc1c2cccc1OOCC2. The van der Waals surface area contributed by atoms with Gasteiger partial charge in [-0.25, -0.2) is 0 Å². The average Bonchev–Trinajstić information content (AvgIpc) is 2.61. The molecule has 2 rings (SSSR count). The van der Waals surface area contributed by atoms with E-state index in [0.717, 1.165) is 25.5 Å². The predicted molar refractivity (Wildman–Crippen MR) is 91.7 cm³/mol. The topological polar surface area (TPSA) is 55.8 Å². The molecule has 2 bridgehead atoms. The van der Waals surface area contributed by atoms with Crippen molar-refractivity contribution in [2.75, 3.05) is 6.61 Å². The van der Waals surface area contributed by atoms with Gasteiger partial charge in [-0.15, -0.1) is 0 Å². The first kappa shape index (κ1) is 19.5. The van der Waals surface area contributed by atoms with Gasteiger partial charge in [0.25, 0.3) is 5.97 Å². The molecule has 0 atom stereocenters. The van der Waals surface area contributed by atoms with Gasteiger partial charge in [-0.1, -0.05) is 57.6 Å². The van der Waals surface area contributed by atoms with Crippen molar-refractivity contribution in [1.82, 2.24) is 0 Å². The van der Waals surface area contributed by atoms with Gasteiger partial charge in [-0.05, 0) is 24.5 Å². The van der Waals surface area contributed by atoms with Crippen molar-refractivity contribution < 1.29 is 19.7 Å². The Bertz CT molecular complexity index is 428. The highest BCUT2D eigenvalue weighted by Gasteiger charge is 2.13. The normalized spacial score (nSPS) is 12.6. The van der Waals surface area contributed by atoms with Crippen LogP contribution in [0.1, 0.15) is 69.9 Å². The lowest BCUT2D eigenvalue weighted by atomic mass is 9.98. The van der Waals surface area contributed by atoms with Gasteiger partial charge in [-0.2, -0.15) is 4.89 Å². The molecule has 0 saturated heterocycles. The number of fused-ring (bicyclic) bond motifs is 2. The second kappa shape index (κ2) is 11.9. The molecule has 0 saturated carbocycles. The summed E-state index contributed by atoms with van der Waals surface area (Å²) in [4.78, 5) is 19.5. The van der Waals surface area contributed by atoms with Crippen molar-refractivity contribution in [3.63, 3.8) is 0 Å². The predicted octanol–water partition coefficient (Wildman–Crippen LogP) is 4.94. The monoisotopic (exact) mass is 322 g/mol. The molecule has 1 N–H and O–H groups in total. The molecule has 1 aromatic carbocycles. The van der Waals surface area contributed by atoms with Gasteiger partial charge in [0.1, 0.15) is 0 Å². The molecule has 0 unspecified atom stereocenters. The molecule has 0 radical (unpaired) electrons. The number of carboxylic acids is 1. The third-order valence-corrected chi connectivity index (χ3v) is 3.86. The third-order valence-electron chi connectivity index (χ3n) is 3.86. The van der Waals surface area contributed by atoms with E-state index in [-0.39, 0.29) is 0 Å². The number of carboxylic acid groups (broad SMARTS) is 1. The summed E-state index contributed by atoms with van der Waals surface area (Å²) in [7, 11) is 0. The van der Waals surface area contributed by atoms with Crippen molar-refractivity contribution in [1.29, 1.82) is 0 Å². The minimum atomic E-state index is -0.833. The van der Waals surface area contributed by atoms with Crippen molar-refractivity contribution in [3.8, 4) is 5.75 Å². The van der Waals surface area contributed by atoms with Gasteiger partial charge in [0, 0.05) is 18.9 Å². The van der Waals surface area contributed by atoms with Gasteiger partial charge >= 0.3 is 0 Å². The molecule has 0 aliphatic carbocycles. The summed E-state index contributed by atoms with van der Waals surface area (Å²) in [5.41, 5.74) is 2.77. The van der Waals surface area contributed by atoms with Crippen LogP contribution in [0.2, 0.25) is 0 Å². The Hall–Kier alpha value is -1.55. The first-order valence-electron chi connectivity index (χ1n) is 8.75. The van der Waals surface area contributed by atoms with Gasteiger partial charge in [0.05, 0.1) is 6.61 Å². The Balaban J connectivity index is 0.000000593. The van der Waals surface area contributed by atoms with Crippen molar-refractivity contribution in [2.24, 2.45) is 0 Å². The van der Waals surface area contributed by atoms with Crippen LogP contribution in [0.5, 0.6) is 5.75 Å². The highest BCUT2D eigenvalue weighted by molar-refractivity contribution is 5.62. The highest BCUT2D eigenvalue weighted by Crippen LogP contribution is 2.27. The lowest BCUT2D eigenvalue weighted by molar-refractivity contribution is -0.203. The third kappa shape index (κ3) is 8.60. The van der Waals surface area contributed by atoms with E-state index < -0.39 is 5.97 Å². The zero-order valence-electron chi connectivity index (χ0n) is 14.5. The minimum absolute atomic E-state index is 0.664. The quantitative estimate of drug-likeness (QED) is 0.544. The van der Waals surface area contributed by atoms with Crippen LogP contribution >= 0.6 is 0 Å².